The summed E-state index contributed by atoms with van der Waals surface area (Å²) in [5.74, 6) is 0.288. The van der Waals surface area contributed by atoms with E-state index in [9.17, 15) is 0 Å². The van der Waals surface area contributed by atoms with Crippen molar-refractivity contribution in [2.24, 2.45) is 16.6 Å². The molecule has 0 radical (unpaired) electrons. The fraction of sp³-hybridized carbons (Fsp3) is 0.140. The Kier molecular flexibility index (Phi) is 6.83. The van der Waals surface area contributed by atoms with Crippen molar-refractivity contribution < 1.29 is 0 Å². The molecule has 0 spiro atoms. The highest BCUT2D eigenvalue weighted by atomic mass is 15.0. The molecule has 0 fully saturated rings. The van der Waals surface area contributed by atoms with Crippen LogP contribution in [0.3, 0.4) is 0 Å². The van der Waals surface area contributed by atoms with Gasteiger partial charge in [0.15, 0.2) is 0 Å². The van der Waals surface area contributed by atoms with E-state index in [0.29, 0.717) is 6.42 Å². The number of hydrogen-bond acceptors (Lipinski definition) is 2. The lowest BCUT2D eigenvalue weighted by molar-refractivity contribution is 0.642. The van der Waals surface area contributed by atoms with E-state index in [0.717, 1.165) is 33.9 Å². The zero-order chi connectivity index (χ0) is 31.4. The maximum absolute atomic E-state index is 7.04. The molecule has 224 valence electrons. The number of aliphatic imine (C=N–C) groups is 1. The Morgan fingerprint density at radius 3 is 2.04 bits per heavy atom. The lowest BCUT2D eigenvalue weighted by Crippen LogP contribution is -2.24. The number of fused-ring (bicyclic) bond motifs is 6. The Labute approximate surface area is 270 Å². The number of nitrogens with zero attached hydrogens (tertiary/aromatic N) is 2. The number of aryl methyl sites for hydroxylation is 3. The van der Waals surface area contributed by atoms with Crippen LogP contribution in [0.25, 0.3) is 33.2 Å². The Balaban J connectivity index is 1.35. The summed E-state index contributed by atoms with van der Waals surface area (Å²) < 4.78 is 2.38. The van der Waals surface area contributed by atoms with Crippen LogP contribution in [0.4, 0.5) is 0 Å². The van der Waals surface area contributed by atoms with Crippen molar-refractivity contribution in [2.75, 3.05) is 0 Å². The Morgan fingerprint density at radius 2 is 1.33 bits per heavy atom. The molecule has 5 aromatic carbocycles. The van der Waals surface area contributed by atoms with Crippen LogP contribution in [-0.2, 0) is 6.42 Å². The van der Waals surface area contributed by atoms with E-state index < -0.39 is 0 Å². The van der Waals surface area contributed by atoms with Gasteiger partial charge in [0.1, 0.15) is 0 Å². The first-order chi connectivity index (χ1) is 22.5. The molecule has 3 nitrogen and oxygen atoms in total. The van der Waals surface area contributed by atoms with Gasteiger partial charge in [0.2, 0.25) is 0 Å². The predicted molar refractivity (Wildman–Crippen MR) is 194 cm³/mol. The number of aromatic nitrogens is 1. The molecule has 0 aliphatic heterocycles. The lowest BCUT2D eigenvalue weighted by atomic mass is 9.74. The van der Waals surface area contributed by atoms with Crippen LogP contribution in [0.1, 0.15) is 44.9 Å². The predicted octanol–water partition coefficient (Wildman–Crippen LogP) is 9.91. The number of hydrogen-bond donors (Lipinski definition) is 1. The van der Waals surface area contributed by atoms with E-state index in [-0.39, 0.29) is 11.8 Å². The molecule has 1 heterocycles. The van der Waals surface area contributed by atoms with Gasteiger partial charge in [-0.05, 0) is 72.9 Å². The van der Waals surface area contributed by atoms with Gasteiger partial charge in [-0.2, -0.15) is 0 Å². The third-order valence-corrected chi connectivity index (χ3v) is 9.79. The fourth-order valence-corrected chi connectivity index (χ4v) is 7.68. The summed E-state index contributed by atoms with van der Waals surface area (Å²) in [5.41, 5.74) is 21.9. The molecule has 0 saturated carbocycles. The van der Waals surface area contributed by atoms with Gasteiger partial charge in [-0.3, -0.25) is 4.99 Å². The summed E-state index contributed by atoms with van der Waals surface area (Å²) in [6.07, 6.45) is 9.55. The van der Waals surface area contributed by atoms with Crippen LogP contribution in [0.2, 0.25) is 0 Å². The second-order valence-electron chi connectivity index (χ2n) is 12.7. The third-order valence-electron chi connectivity index (χ3n) is 9.79. The maximum Gasteiger partial charge on any atom is 0.0720 e. The summed E-state index contributed by atoms with van der Waals surface area (Å²) in [6.45, 7) is 6.61. The van der Waals surface area contributed by atoms with Crippen LogP contribution in [-0.4, -0.2) is 10.3 Å². The Hall–Kier alpha value is -5.41. The van der Waals surface area contributed by atoms with Gasteiger partial charge in [-0.15, -0.1) is 0 Å². The molecule has 1 aromatic heterocycles. The van der Waals surface area contributed by atoms with Crippen LogP contribution < -0.4 is 5.73 Å². The van der Waals surface area contributed by atoms with Crippen molar-refractivity contribution >= 4 is 33.2 Å². The number of nitrogens with two attached hydrogens (primary N) is 1. The van der Waals surface area contributed by atoms with Crippen molar-refractivity contribution in [1.29, 1.82) is 0 Å². The molecule has 2 N–H and O–H groups in total. The minimum absolute atomic E-state index is 0.0793. The minimum atomic E-state index is 0.0793. The molecule has 8 rings (SSSR count). The molecule has 0 saturated heterocycles. The van der Waals surface area contributed by atoms with E-state index in [1.807, 2.05) is 0 Å². The SMILES string of the molecule is Cc1cc(C)c(CC(=NC2=C(N)c3ccccc3C3C=CC=CC23)c2cccc(-n3c4ccccc4c4ccccc43)c2)c(C)c1. The molecule has 6 aromatic rings. The molecule has 2 aliphatic carbocycles. The molecular formula is C43H37N3. The van der Waals surface area contributed by atoms with Crippen molar-refractivity contribution in [1.82, 2.24) is 4.57 Å². The highest BCUT2D eigenvalue weighted by molar-refractivity contribution is 6.09. The molecule has 2 atom stereocenters. The van der Waals surface area contributed by atoms with Crippen LogP contribution in [0.5, 0.6) is 0 Å². The first-order valence-corrected chi connectivity index (χ1v) is 16.1. The average molecular weight is 596 g/mol. The summed E-state index contributed by atoms with van der Waals surface area (Å²) in [4.78, 5) is 5.59. The van der Waals surface area contributed by atoms with Gasteiger partial charge >= 0.3 is 0 Å². The zero-order valence-corrected chi connectivity index (χ0v) is 26.5. The van der Waals surface area contributed by atoms with Gasteiger partial charge in [-0.1, -0.05) is 115 Å². The first kappa shape index (κ1) is 28.1. The van der Waals surface area contributed by atoms with Crippen LogP contribution in [0, 0.1) is 26.7 Å². The Morgan fingerprint density at radius 1 is 0.696 bits per heavy atom. The van der Waals surface area contributed by atoms with E-state index in [4.69, 9.17) is 10.7 Å². The van der Waals surface area contributed by atoms with Crippen molar-refractivity contribution in [3.05, 3.63) is 178 Å². The van der Waals surface area contributed by atoms with Crippen LogP contribution in [0.15, 0.2) is 144 Å². The number of benzene rings is 5. The monoisotopic (exact) mass is 595 g/mol. The number of rotatable bonds is 5. The van der Waals surface area contributed by atoms with E-state index in [1.54, 1.807) is 0 Å². The molecule has 2 unspecified atom stereocenters. The smallest absolute Gasteiger partial charge is 0.0720 e. The fourth-order valence-electron chi connectivity index (χ4n) is 7.68. The van der Waals surface area contributed by atoms with Crippen molar-refractivity contribution in [3.8, 4) is 5.69 Å². The van der Waals surface area contributed by atoms with E-state index >= 15 is 0 Å². The second kappa shape index (κ2) is 11.2. The quantitative estimate of drug-likeness (QED) is 0.198. The minimum Gasteiger partial charge on any atom is -0.397 e. The zero-order valence-electron chi connectivity index (χ0n) is 26.5. The molecule has 0 amide bonds. The topological polar surface area (TPSA) is 43.3 Å². The average Bonchev–Trinajstić information content (AvgIpc) is 3.42. The van der Waals surface area contributed by atoms with Crippen molar-refractivity contribution in [2.45, 2.75) is 33.1 Å². The van der Waals surface area contributed by atoms with Gasteiger partial charge in [-0.25, -0.2) is 0 Å². The number of allylic oxidation sites excluding steroid dienone is 4. The van der Waals surface area contributed by atoms with Crippen molar-refractivity contribution in [3.63, 3.8) is 0 Å². The largest absolute Gasteiger partial charge is 0.397 e. The second-order valence-corrected chi connectivity index (χ2v) is 12.7. The normalized spacial score (nSPS) is 17.5. The van der Waals surface area contributed by atoms with E-state index in [2.05, 4.69) is 159 Å². The molecular weight excluding hydrogens is 558 g/mol. The molecule has 46 heavy (non-hydrogen) atoms. The molecule has 2 aliphatic rings. The highest BCUT2D eigenvalue weighted by Crippen LogP contribution is 2.45. The molecule has 0 bridgehead atoms. The first-order valence-electron chi connectivity index (χ1n) is 16.1. The van der Waals surface area contributed by atoms with Gasteiger partial charge in [0.05, 0.1) is 28.1 Å². The summed E-state index contributed by atoms with van der Waals surface area (Å²) in [5, 5.41) is 2.51. The highest BCUT2D eigenvalue weighted by Gasteiger charge is 2.33. The van der Waals surface area contributed by atoms with Gasteiger partial charge in [0, 0.05) is 40.3 Å². The summed E-state index contributed by atoms with van der Waals surface area (Å²) >= 11 is 0. The van der Waals surface area contributed by atoms with E-state index in [1.165, 1.54) is 49.6 Å². The summed E-state index contributed by atoms with van der Waals surface area (Å²) in [6, 6.07) is 39.3. The van der Waals surface area contributed by atoms with Gasteiger partial charge < -0.3 is 10.3 Å². The van der Waals surface area contributed by atoms with Gasteiger partial charge in [0.25, 0.3) is 0 Å². The lowest BCUT2D eigenvalue weighted by Gasteiger charge is -2.33. The standard InChI is InChI=1S/C43H37N3/c1-27-23-28(2)38(29(3)24-27)26-39(45-43-37-20-7-5-16-33(37)32-15-4-6-19-36(32)42(43)44)30-13-12-14-31(25-30)46-40-21-10-8-17-34(40)35-18-9-11-22-41(35)46/h4-25,33,37H,26,44H2,1-3H3. The Bertz CT molecular complexity index is 2210. The van der Waals surface area contributed by atoms with Crippen LogP contribution >= 0.6 is 0 Å². The maximum atomic E-state index is 7.04. The number of para-hydroxylation sites is 2. The summed E-state index contributed by atoms with van der Waals surface area (Å²) in [7, 11) is 0. The third kappa shape index (κ3) is 4.62. The molecule has 3 heteroatoms.